The Morgan fingerprint density at radius 3 is 0.754 bits per heavy atom. The van der Waals surface area contributed by atoms with Crippen molar-refractivity contribution in [2.75, 3.05) is 46.2 Å². The Morgan fingerprint density at radius 1 is 0.262 bits per heavy atom. The van der Waals surface area contributed by atoms with Crippen LogP contribution in [0.25, 0.3) is 0 Å². The van der Waals surface area contributed by atoms with E-state index in [9.17, 15) is 35.7 Å². The van der Waals surface area contributed by atoms with Crippen LogP contribution in [0, 0.1) is 22.2 Å². The first-order valence-corrected chi connectivity index (χ1v) is 27.3. The van der Waals surface area contributed by atoms with Crippen LogP contribution >= 0.6 is 0 Å². The highest BCUT2D eigenvalue weighted by Crippen LogP contribution is 2.67. The molecule has 7 heteroatoms. The molecular formula is C54H108O7. The molecule has 61 heavy (non-hydrogen) atoms. The van der Waals surface area contributed by atoms with Crippen molar-refractivity contribution in [3.8, 4) is 0 Å². The molecule has 1 aliphatic carbocycles. The van der Waals surface area contributed by atoms with Gasteiger partial charge in [-0.1, -0.05) is 218 Å². The summed E-state index contributed by atoms with van der Waals surface area (Å²) in [6.07, 6.45) is 49.3. The van der Waals surface area contributed by atoms with Crippen LogP contribution in [0.1, 0.15) is 276 Å². The van der Waals surface area contributed by atoms with E-state index < -0.39 is 16.2 Å². The van der Waals surface area contributed by atoms with Crippen molar-refractivity contribution in [1.29, 1.82) is 0 Å². The van der Waals surface area contributed by atoms with Crippen molar-refractivity contribution in [3.63, 3.8) is 0 Å². The van der Waals surface area contributed by atoms with Crippen molar-refractivity contribution >= 4 is 0 Å². The molecule has 0 heterocycles. The SMILES string of the molecule is OCCC1CCCCCCCCCCCCCCCCCCCCCCCCCCCCCCCCCCCCC(CCO)(CCO)C(CCO)(CCO)C1(CCO)CCO. The number of rotatable bonds is 14. The molecule has 1 atom stereocenters. The van der Waals surface area contributed by atoms with E-state index in [1.807, 2.05) is 0 Å². The fourth-order valence-corrected chi connectivity index (χ4v) is 12.7. The quantitative estimate of drug-likeness (QED) is 0.0922. The van der Waals surface area contributed by atoms with Crippen LogP contribution in [0.3, 0.4) is 0 Å². The van der Waals surface area contributed by atoms with Crippen molar-refractivity contribution in [2.24, 2.45) is 22.2 Å². The first-order valence-electron chi connectivity index (χ1n) is 27.3. The summed E-state index contributed by atoms with van der Waals surface area (Å²) in [6, 6.07) is 0. The van der Waals surface area contributed by atoms with Gasteiger partial charge < -0.3 is 35.7 Å². The van der Waals surface area contributed by atoms with Gasteiger partial charge in [0.1, 0.15) is 0 Å². The van der Waals surface area contributed by atoms with Crippen LogP contribution in [-0.2, 0) is 0 Å². The third-order valence-electron chi connectivity index (χ3n) is 16.1. The average Bonchev–Trinajstić information content (AvgIpc) is 3.25. The van der Waals surface area contributed by atoms with Crippen molar-refractivity contribution < 1.29 is 35.7 Å². The zero-order valence-electron chi connectivity index (χ0n) is 40.6. The molecule has 1 rings (SSSR count). The second kappa shape index (κ2) is 41.2. The molecule has 0 radical (unpaired) electrons. The molecule has 366 valence electrons. The van der Waals surface area contributed by atoms with Gasteiger partial charge in [0, 0.05) is 46.2 Å². The van der Waals surface area contributed by atoms with E-state index in [4.69, 9.17) is 0 Å². The molecule has 1 unspecified atom stereocenters. The van der Waals surface area contributed by atoms with E-state index in [1.165, 1.54) is 186 Å². The largest absolute Gasteiger partial charge is 0.396 e. The van der Waals surface area contributed by atoms with Gasteiger partial charge in [0.25, 0.3) is 0 Å². The van der Waals surface area contributed by atoms with Crippen LogP contribution in [-0.4, -0.2) is 82.0 Å². The number of hydrogen-bond acceptors (Lipinski definition) is 7. The molecule has 0 spiro atoms. The summed E-state index contributed by atoms with van der Waals surface area (Å²) in [5.74, 6) is -0.0494. The highest BCUT2D eigenvalue weighted by molar-refractivity contribution is 5.10. The van der Waals surface area contributed by atoms with E-state index in [1.54, 1.807) is 0 Å². The number of hydrogen-bond donors (Lipinski definition) is 7. The second-order valence-corrected chi connectivity index (χ2v) is 20.1. The number of aliphatic hydroxyl groups excluding tert-OH is 7. The summed E-state index contributed by atoms with van der Waals surface area (Å²) in [4.78, 5) is 0. The number of aliphatic hydroxyl groups is 7. The molecule has 0 aromatic heterocycles. The molecule has 0 amide bonds. The van der Waals surface area contributed by atoms with Gasteiger partial charge in [0.15, 0.2) is 0 Å². The maximum Gasteiger partial charge on any atom is 0.0436 e. The van der Waals surface area contributed by atoms with Crippen LogP contribution in [0.4, 0.5) is 0 Å². The lowest BCUT2D eigenvalue weighted by Gasteiger charge is -2.64. The van der Waals surface area contributed by atoms with Crippen LogP contribution in [0.15, 0.2) is 0 Å². The molecule has 1 saturated carbocycles. The predicted molar refractivity (Wildman–Crippen MR) is 259 cm³/mol. The molecular weight excluding hydrogens is 761 g/mol. The Hall–Kier alpha value is -0.280. The molecule has 0 aromatic rings. The summed E-state index contributed by atoms with van der Waals surface area (Å²) >= 11 is 0. The fourth-order valence-electron chi connectivity index (χ4n) is 12.7. The topological polar surface area (TPSA) is 142 Å². The lowest BCUT2D eigenvalue weighted by molar-refractivity contribution is -0.183. The lowest BCUT2D eigenvalue weighted by atomic mass is 9.40. The zero-order chi connectivity index (χ0) is 44.4. The Kier molecular flexibility index (Phi) is 39.6. The Labute approximate surface area is 379 Å². The molecule has 7 N–H and O–H groups in total. The predicted octanol–water partition coefficient (Wildman–Crippen LogP) is 13.3. The average molecular weight is 869 g/mol. The summed E-state index contributed by atoms with van der Waals surface area (Å²) in [7, 11) is 0. The monoisotopic (exact) mass is 869 g/mol. The first-order chi connectivity index (χ1) is 30.0. The molecule has 0 aliphatic heterocycles. The molecule has 0 bridgehead atoms. The van der Waals surface area contributed by atoms with Crippen molar-refractivity contribution in [1.82, 2.24) is 0 Å². The Balaban J connectivity index is 3.11. The normalized spacial score (nSPS) is 23.8. The minimum absolute atomic E-state index is 0.00932. The van der Waals surface area contributed by atoms with Gasteiger partial charge in [-0.25, -0.2) is 0 Å². The maximum absolute atomic E-state index is 10.9. The Bertz CT molecular complexity index is 881. The van der Waals surface area contributed by atoms with E-state index >= 15 is 0 Å². The maximum atomic E-state index is 10.9. The summed E-state index contributed by atoms with van der Waals surface area (Å²) in [5.41, 5.74) is -2.10. The van der Waals surface area contributed by atoms with Gasteiger partial charge in [-0.3, -0.25) is 0 Å². The molecule has 7 nitrogen and oxygen atoms in total. The van der Waals surface area contributed by atoms with Crippen LogP contribution < -0.4 is 0 Å². The van der Waals surface area contributed by atoms with E-state index in [2.05, 4.69) is 0 Å². The smallest absolute Gasteiger partial charge is 0.0436 e. The molecule has 0 aromatic carbocycles. The van der Waals surface area contributed by atoms with Crippen molar-refractivity contribution in [3.05, 3.63) is 0 Å². The van der Waals surface area contributed by atoms with E-state index in [-0.39, 0.29) is 52.2 Å². The van der Waals surface area contributed by atoms with Gasteiger partial charge >= 0.3 is 0 Å². The standard InChI is InChI=1S/C54H108O7/c55-44-36-51-35-33-31-29-27-25-23-21-19-17-15-13-11-9-7-5-3-1-2-4-6-8-10-12-14-16-18-20-22-24-26-28-30-32-34-37-52(38-45-56,39-46-57)54(42-49-60,43-50-61)53(51,40-47-58)41-48-59/h51,55-61H,1-50H2. The molecule has 1 fully saturated rings. The van der Waals surface area contributed by atoms with Crippen LogP contribution in [0.2, 0.25) is 0 Å². The fraction of sp³-hybridized carbons (Fsp3) is 1.00. The van der Waals surface area contributed by atoms with E-state index in [0.717, 1.165) is 44.9 Å². The van der Waals surface area contributed by atoms with Crippen molar-refractivity contribution in [2.45, 2.75) is 276 Å². The highest BCUT2D eigenvalue weighted by atomic mass is 16.3. The van der Waals surface area contributed by atoms with E-state index in [0.29, 0.717) is 44.9 Å². The summed E-state index contributed by atoms with van der Waals surface area (Å²) in [5, 5.41) is 75.5. The molecule has 0 saturated heterocycles. The zero-order valence-corrected chi connectivity index (χ0v) is 40.6. The van der Waals surface area contributed by atoms with Gasteiger partial charge in [-0.05, 0) is 80.0 Å². The minimum Gasteiger partial charge on any atom is -0.396 e. The highest BCUT2D eigenvalue weighted by Gasteiger charge is 2.62. The van der Waals surface area contributed by atoms with Crippen LogP contribution in [0.5, 0.6) is 0 Å². The first kappa shape index (κ1) is 58.7. The third-order valence-corrected chi connectivity index (χ3v) is 16.1. The minimum atomic E-state index is -0.771. The third kappa shape index (κ3) is 24.2. The van der Waals surface area contributed by atoms with Gasteiger partial charge in [0.05, 0.1) is 0 Å². The van der Waals surface area contributed by atoms with Gasteiger partial charge in [-0.15, -0.1) is 0 Å². The van der Waals surface area contributed by atoms with Gasteiger partial charge in [0.2, 0.25) is 0 Å². The Morgan fingerprint density at radius 2 is 0.508 bits per heavy atom. The lowest BCUT2D eigenvalue weighted by Crippen LogP contribution is -2.59. The summed E-state index contributed by atoms with van der Waals surface area (Å²) < 4.78 is 0. The summed E-state index contributed by atoms with van der Waals surface area (Å²) in [6.45, 7) is -0.602. The second-order valence-electron chi connectivity index (χ2n) is 20.1. The molecule has 1 aliphatic rings. The van der Waals surface area contributed by atoms with Gasteiger partial charge in [-0.2, -0.15) is 0 Å².